The number of rotatable bonds is 1. The average Bonchev–Trinajstić information content (AvgIpc) is 2.17. The molecule has 1 aromatic rings. The monoisotopic (exact) mass is 180 g/mol. The van der Waals surface area contributed by atoms with Gasteiger partial charge in [0.15, 0.2) is 11.5 Å². The van der Waals surface area contributed by atoms with Gasteiger partial charge in [-0.25, -0.2) is 0 Å². The van der Waals surface area contributed by atoms with Crippen LogP contribution in [0.5, 0.6) is 11.5 Å². The molecule has 0 atom stereocenters. The molecule has 0 aromatic heterocycles. The van der Waals surface area contributed by atoms with Gasteiger partial charge >= 0.3 is 0 Å². The molecule has 62 valence electrons. The van der Waals surface area contributed by atoms with Gasteiger partial charge in [-0.05, 0) is 12.1 Å². The van der Waals surface area contributed by atoms with E-state index >= 15 is 0 Å². The van der Waals surface area contributed by atoms with Crippen LogP contribution >= 0.6 is 12.0 Å². The summed E-state index contributed by atoms with van der Waals surface area (Å²) in [6.45, 7) is 0. The number of para-hydroxylation sites is 1. The van der Waals surface area contributed by atoms with E-state index in [-0.39, 0.29) is 0 Å². The fraction of sp³-hybridized carbons (Fsp3) is 0.111. The average molecular weight is 180 g/mol. The molecule has 0 spiro atoms. The van der Waals surface area contributed by atoms with Crippen molar-refractivity contribution >= 4 is 18.1 Å². The Morgan fingerprint density at radius 1 is 1.42 bits per heavy atom. The third-order valence-electron chi connectivity index (χ3n) is 1.66. The fourth-order valence-corrected chi connectivity index (χ4v) is 1.62. The molecule has 1 aliphatic heterocycles. The van der Waals surface area contributed by atoms with Crippen molar-refractivity contribution in [2.24, 2.45) is 0 Å². The highest BCUT2D eigenvalue weighted by molar-refractivity contribution is 7.98. The normalized spacial score (nSPS) is 13.4. The van der Waals surface area contributed by atoms with Crippen molar-refractivity contribution in [1.82, 2.24) is 0 Å². The Labute approximate surface area is 75.4 Å². The molecule has 12 heavy (non-hydrogen) atoms. The summed E-state index contributed by atoms with van der Waals surface area (Å²) in [4.78, 5) is 0. The summed E-state index contributed by atoms with van der Waals surface area (Å²) in [5.74, 6) is 1.59. The maximum absolute atomic E-state index is 5.35. The van der Waals surface area contributed by atoms with Crippen LogP contribution in [0.15, 0.2) is 23.6 Å². The number of hydrogen-bond acceptors (Lipinski definition) is 3. The van der Waals surface area contributed by atoms with Gasteiger partial charge in [0.25, 0.3) is 0 Å². The van der Waals surface area contributed by atoms with Gasteiger partial charge in [-0.3, -0.25) is 0 Å². The minimum absolute atomic E-state index is 0.782. The Balaban J connectivity index is 2.53. The molecule has 0 radical (unpaired) electrons. The Morgan fingerprint density at radius 3 is 3.17 bits per heavy atom. The van der Waals surface area contributed by atoms with Gasteiger partial charge in [-0.1, -0.05) is 12.1 Å². The third kappa shape index (κ3) is 1.16. The van der Waals surface area contributed by atoms with Crippen molar-refractivity contribution in [1.29, 1.82) is 0 Å². The SMILES string of the molecule is COc1cccc2c1OSC=C2. The quantitative estimate of drug-likeness (QED) is 0.619. The molecule has 1 aliphatic rings. The first-order valence-corrected chi connectivity index (χ1v) is 4.39. The van der Waals surface area contributed by atoms with E-state index < -0.39 is 0 Å². The second-order valence-corrected chi connectivity index (χ2v) is 2.99. The largest absolute Gasteiger partial charge is 0.493 e. The molecule has 0 saturated heterocycles. The molecular weight excluding hydrogens is 172 g/mol. The molecular formula is C9H8O2S. The number of methoxy groups -OCH3 is 1. The molecule has 1 aromatic carbocycles. The lowest BCUT2D eigenvalue weighted by atomic mass is 10.2. The minimum atomic E-state index is 0.782. The van der Waals surface area contributed by atoms with Crippen LogP contribution in [0, 0.1) is 0 Å². The van der Waals surface area contributed by atoms with Crippen LogP contribution in [-0.4, -0.2) is 7.11 Å². The number of fused-ring (bicyclic) bond motifs is 1. The molecule has 1 heterocycles. The predicted molar refractivity (Wildman–Crippen MR) is 50.2 cm³/mol. The maximum Gasteiger partial charge on any atom is 0.186 e. The summed E-state index contributed by atoms with van der Waals surface area (Å²) in [6.07, 6.45) is 2.01. The van der Waals surface area contributed by atoms with E-state index in [0.717, 1.165) is 17.1 Å². The molecule has 3 heteroatoms. The lowest BCUT2D eigenvalue weighted by Gasteiger charge is -2.13. The molecule has 0 bridgehead atoms. The van der Waals surface area contributed by atoms with Crippen LogP contribution < -0.4 is 8.92 Å². The first kappa shape index (κ1) is 7.55. The smallest absolute Gasteiger partial charge is 0.186 e. The molecule has 2 nitrogen and oxygen atoms in total. The molecule has 2 rings (SSSR count). The summed E-state index contributed by atoms with van der Waals surface area (Å²) in [5, 5.41) is 1.90. The summed E-state index contributed by atoms with van der Waals surface area (Å²) in [7, 11) is 1.64. The zero-order valence-electron chi connectivity index (χ0n) is 6.61. The van der Waals surface area contributed by atoms with Gasteiger partial charge < -0.3 is 8.92 Å². The number of ether oxygens (including phenoxy) is 1. The van der Waals surface area contributed by atoms with Crippen LogP contribution in [0.3, 0.4) is 0 Å². The summed E-state index contributed by atoms with van der Waals surface area (Å²) in [6, 6.07) is 5.83. The third-order valence-corrected chi connectivity index (χ3v) is 2.17. The van der Waals surface area contributed by atoms with E-state index in [2.05, 4.69) is 0 Å². The van der Waals surface area contributed by atoms with Crippen molar-refractivity contribution in [3.05, 3.63) is 29.2 Å². The predicted octanol–water partition coefficient (Wildman–Crippen LogP) is 2.71. The maximum atomic E-state index is 5.35. The van der Waals surface area contributed by atoms with Crippen molar-refractivity contribution in [3.8, 4) is 11.5 Å². The van der Waals surface area contributed by atoms with E-state index in [4.69, 9.17) is 8.92 Å². The van der Waals surface area contributed by atoms with Crippen LogP contribution in [0.25, 0.3) is 6.08 Å². The molecule has 0 fully saturated rings. The molecule has 0 saturated carbocycles. The van der Waals surface area contributed by atoms with Crippen LogP contribution in [0.4, 0.5) is 0 Å². The Morgan fingerprint density at radius 2 is 2.33 bits per heavy atom. The Kier molecular flexibility index (Phi) is 1.96. The molecule has 0 aliphatic carbocycles. The van der Waals surface area contributed by atoms with E-state index in [1.54, 1.807) is 7.11 Å². The Bertz CT molecular complexity index is 320. The van der Waals surface area contributed by atoms with Crippen molar-refractivity contribution in [3.63, 3.8) is 0 Å². The van der Waals surface area contributed by atoms with E-state index in [1.807, 2.05) is 29.7 Å². The van der Waals surface area contributed by atoms with Crippen molar-refractivity contribution < 1.29 is 8.92 Å². The summed E-state index contributed by atoms with van der Waals surface area (Å²) in [5.41, 5.74) is 1.06. The van der Waals surface area contributed by atoms with Gasteiger partial charge in [0.05, 0.1) is 19.2 Å². The lowest BCUT2D eigenvalue weighted by Crippen LogP contribution is -1.92. The summed E-state index contributed by atoms with van der Waals surface area (Å²) < 4.78 is 10.5. The highest BCUT2D eigenvalue weighted by Crippen LogP contribution is 2.37. The van der Waals surface area contributed by atoms with E-state index in [0.29, 0.717) is 0 Å². The topological polar surface area (TPSA) is 18.5 Å². The lowest BCUT2D eigenvalue weighted by molar-refractivity contribution is 0.399. The highest BCUT2D eigenvalue weighted by Gasteiger charge is 2.11. The first-order chi connectivity index (χ1) is 5.92. The van der Waals surface area contributed by atoms with Gasteiger partial charge in [-0.15, -0.1) is 0 Å². The number of hydrogen-bond donors (Lipinski definition) is 0. The van der Waals surface area contributed by atoms with E-state index in [1.165, 1.54) is 12.0 Å². The zero-order valence-corrected chi connectivity index (χ0v) is 7.43. The van der Waals surface area contributed by atoms with Gasteiger partial charge in [-0.2, -0.15) is 0 Å². The second-order valence-electron chi connectivity index (χ2n) is 2.36. The van der Waals surface area contributed by atoms with Crippen LogP contribution in [0.1, 0.15) is 5.56 Å². The number of benzene rings is 1. The zero-order chi connectivity index (χ0) is 8.39. The highest BCUT2D eigenvalue weighted by atomic mass is 32.2. The van der Waals surface area contributed by atoms with Gasteiger partial charge in [0.1, 0.15) is 0 Å². The minimum Gasteiger partial charge on any atom is -0.493 e. The standard InChI is InChI=1S/C9H8O2S/c1-10-8-4-2-3-7-5-6-12-11-9(7)8/h2-6H,1H3. The van der Waals surface area contributed by atoms with Gasteiger partial charge in [0.2, 0.25) is 0 Å². The van der Waals surface area contributed by atoms with E-state index in [9.17, 15) is 0 Å². The second kappa shape index (κ2) is 3.11. The molecule has 0 N–H and O–H groups in total. The van der Waals surface area contributed by atoms with Gasteiger partial charge in [0, 0.05) is 11.0 Å². The fourth-order valence-electron chi connectivity index (χ4n) is 1.09. The first-order valence-electron chi connectivity index (χ1n) is 3.58. The Hall–Kier alpha value is -1.09. The summed E-state index contributed by atoms with van der Waals surface area (Å²) >= 11 is 1.31. The van der Waals surface area contributed by atoms with Crippen molar-refractivity contribution in [2.75, 3.05) is 7.11 Å². The van der Waals surface area contributed by atoms with Crippen molar-refractivity contribution in [2.45, 2.75) is 0 Å². The molecule has 0 unspecified atom stereocenters. The van der Waals surface area contributed by atoms with Crippen LogP contribution in [-0.2, 0) is 0 Å². The molecule has 0 amide bonds. The van der Waals surface area contributed by atoms with Crippen LogP contribution in [0.2, 0.25) is 0 Å².